The molecule has 4 nitrogen and oxygen atoms in total. The first kappa shape index (κ1) is 27.9. The van der Waals surface area contributed by atoms with E-state index in [2.05, 4.69) is 2.51 Å². The molecule has 0 aromatic heterocycles. The Kier molecular flexibility index (Phi) is 7.25. The topological polar surface area (TPSA) is 63.6 Å². The van der Waals surface area contributed by atoms with E-state index in [1.165, 1.54) is 0 Å². The van der Waals surface area contributed by atoms with Gasteiger partial charge in [-0.2, -0.15) is 0 Å². The molecule has 0 aliphatic rings. The van der Waals surface area contributed by atoms with Gasteiger partial charge in [0.2, 0.25) is 0 Å². The van der Waals surface area contributed by atoms with Crippen LogP contribution in [0.1, 0.15) is 0 Å². The van der Waals surface area contributed by atoms with Gasteiger partial charge >= 0.3 is 171 Å². The molecule has 0 bridgehead atoms. The molecule has 0 saturated heterocycles. The summed E-state index contributed by atoms with van der Waals surface area (Å²) in [5.74, 6) is -31.9. The van der Waals surface area contributed by atoms with Crippen molar-refractivity contribution < 1.29 is 72.6 Å². The third-order valence-electron chi connectivity index (χ3n) is 3.18. The van der Waals surface area contributed by atoms with Gasteiger partial charge < -0.3 is 0 Å². The van der Waals surface area contributed by atoms with Gasteiger partial charge in [-0.3, -0.25) is 0 Å². The molecule has 0 atom stereocenters. The Morgan fingerprint density at radius 2 is 1.06 bits per heavy atom. The Labute approximate surface area is 171 Å². The van der Waals surface area contributed by atoms with Crippen LogP contribution < -0.4 is 0 Å². The molecule has 0 radical (unpaired) electrons. The van der Waals surface area contributed by atoms with Crippen molar-refractivity contribution in [3.63, 3.8) is 0 Å². The summed E-state index contributed by atoms with van der Waals surface area (Å²) in [5, 5.41) is 0. The second-order valence-corrected chi connectivity index (χ2v) is 11.4. The van der Waals surface area contributed by atoms with Crippen LogP contribution in [-0.2, 0) is 12.9 Å². The molecular formula is C12H6F13IO4S. The number of hydrogen-bond acceptors (Lipinski definition) is 3. The summed E-state index contributed by atoms with van der Waals surface area (Å²) in [7, 11) is -6.15. The number of alkyl halides is 14. The van der Waals surface area contributed by atoms with E-state index in [4.69, 9.17) is 4.55 Å². The molecule has 0 aliphatic heterocycles. The molecule has 1 N–H and O–H groups in total. The van der Waals surface area contributed by atoms with Crippen LogP contribution >= 0.6 is 20.2 Å². The van der Waals surface area contributed by atoms with E-state index in [9.17, 15) is 65.5 Å². The summed E-state index contributed by atoms with van der Waals surface area (Å²) in [5.41, 5.74) is 0. The number of hydrogen-bond donors (Lipinski definition) is 1. The van der Waals surface area contributed by atoms with E-state index in [-0.39, 0.29) is 0 Å². The maximum atomic E-state index is 14.3. The van der Waals surface area contributed by atoms with Gasteiger partial charge in [-0.1, -0.05) is 0 Å². The summed E-state index contributed by atoms with van der Waals surface area (Å²) in [6.45, 7) is 0. The van der Waals surface area contributed by atoms with Crippen LogP contribution in [-0.4, -0.2) is 46.8 Å². The molecule has 0 fully saturated rings. The van der Waals surface area contributed by atoms with Gasteiger partial charge in [0.05, 0.1) is 0 Å². The molecule has 0 heterocycles. The minimum atomic E-state index is -8.14. The van der Waals surface area contributed by atoms with Gasteiger partial charge in [0, 0.05) is 0 Å². The molecule has 1 rings (SSSR count). The van der Waals surface area contributed by atoms with E-state index >= 15 is 0 Å². The van der Waals surface area contributed by atoms with Crippen molar-refractivity contribution in [1.82, 2.24) is 0 Å². The van der Waals surface area contributed by atoms with Crippen LogP contribution in [0.2, 0.25) is 0 Å². The third-order valence-corrected chi connectivity index (χ3v) is 9.67. The van der Waals surface area contributed by atoms with E-state index in [0.717, 1.165) is 6.07 Å². The minimum absolute atomic E-state index is 0.348. The molecule has 19 heteroatoms. The molecule has 0 saturated carbocycles. The van der Waals surface area contributed by atoms with Crippen LogP contribution in [0.15, 0.2) is 30.3 Å². The molecule has 0 unspecified atom stereocenters. The van der Waals surface area contributed by atoms with Crippen molar-refractivity contribution in [2.45, 2.75) is 33.8 Å². The normalized spacial score (nSPS) is 15.7. The van der Waals surface area contributed by atoms with Crippen LogP contribution in [0.3, 0.4) is 0 Å². The van der Waals surface area contributed by atoms with Gasteiger partial charge in [-0.05, 0) is 0 Å². The van der Waals surface area contributed by atoms with Crippen molar-refractivity contribution in [2.75, 3.05) is 0 Å². The monoisotopic (exact) mass is 620 g/mol. The third kappa shape index (κ3) is 4.68. The fourth-order valence-corrected chi connectivity index (χ4v) is 7.46. The number of benzene rings is 1. The quantitative estimate of drug-likeness (QED) is 0.173. The van der Waals surface area contributed by atoms with Crippen molar-refractivity contribution >= 4 is 30.6 Å². The first-order chi connectivity index (χ1) is 13.5. The molecule has 182 valence electrons. The fourth-order valence-electron chi connectivity index (χ4n) is 1.68. The van der Waals surface area contributed by atoms with Gasteiger partial charge in [0.15, 0.2) is 0 Å². The Hall–Kier alpha value is -1.09. The van der Waals surface area contributed by atoms with Crippen molar-refractivity contribution in [3.05, 3.63) is 33.9 Å². The summed E-state index contributed by atoms with van der Waals surface area (Å²) in [4.78, 5) is 0. The molecule has 0 amide bonds. The SMILES string of the molecule is O=S(=O)(O)OI(c1ccccc1)C(F)(F)C(F)(F)C(F)(F)C(F)(F)C(F)(F)C(F)(F)F. The average Bonchev–Trinajstić information content (AvgIpc) is 2.57. The molecule has 0 aliphatic carbocycles. The van der Waals surface area contributed by atoms with Gasteiger partial charge in [0.1, 0.15) is 0 Å². The second-order valence-electron chi connectivity index (χ2n) is 5.33. The predicted octanol–water partition coefficient (Wildman–Crippen LogP) is 5.79. The van der Waals surface area contributed by atoms with Crippen LogP contribution in [0.4, 0.5) is 57.1 Å². The Bertz CT molecular complexity index is 886. The summed E-state index contributed by atoms with van der Waals surface area (Å²) in [6, 6.07) is 3.10. The van der Waals surface area contributed by atoms with Gasteiger partial charge in [-0.15, -0.1) is 0 Å². The summed E-state index contributed by atoms with van der Waals surface area (Å²) in [6.07, 6.45) is -7.58. The average molecular weight is 620 g/mol. The van der Waals surface area contributed by atoms with E-state index < -0.39 is 68.0 Å². The van der Waals surface area contributed by atoms with Crippen LogP contribution in [0.5, 0.6) is 0 Å². The summed E-state index contributed by atoms with van der Waals surface area (Å²) < 4.78 is 197. The van der Waals surface area contributed by atoms with Gasteiger partial charge in [0.25, 0.3) is 0 Å². The Morgan fingerprint density at radius 3 is 1.42 bits per heavy atom. The van der Waals surface area contributed by atoms with E-state index in [0.29, 0.717) is 24.3 Å². The van der Waals surface area contributed by atoms with Crippen LogP contribution in [0.25, 0.3) is 0 Å². The van der Waals surface area contributed by atoms with Gasteiger partial charge in [-0.25, -0.2) is 0 Å². The Balaban J connectivity index is 3.72. The zero-order chi connectivity index (χ0) is 24.9. The summed E-state index contributed by atoms with van der Waals surface area (Å²) >= 11 is -6.31. The van der Waals surface area contributed by atoms with Crippen LogP contribution in [0, 0.1) is 3.57 Å². The maximum absolute atomic E-state index is 14.3. The van der Waals surface area contributed by atoms with E-state index in [1.807, 2.05) is 0 Å². The predicted molar refractivity (Wildman–Crippen MR) is 82.6 cm³/mol. The zero-order valence-electron chi connectivity index (χ0n) is 13.8. The number of rotatable bonds is 8. The fraction of sp³-hybridized carbons (Fsp3) is 0.500. The Morgan fingerprint density at radius 1 is 0.677 bits per heavy atom. The second kappa shape index (κ2) is 8.04. The molecule has 31 heavy (non-hydrogen) atoms. The zero-order valence-corrected chi connectivity index (χ0v) is 16.7. The first-order valence-corrected chi connectivity index (χ1v) is 11.2. The molecule has 0 spiro atoms. The molecule has 1 aromatic rings. The van der Waals surface area contributed by atoms with Crippen molar-refractivity contribution in [1.29, 1.82) is 0 Å². The standard InChI is InChI=1S/C12H6F13IO4S/c13-7(14,9(17,18)11(21,22)23)8(15,16)10(19,20)12(24,25)26(30-31(27,28)29)6-4-2-1-3-5-6/h1-5H,(H,27,28,29). The van der Waals surface area contributed by atoms with Crippen molar-refractivity contribution in [3.8, 4) is 0 Å². The van der Waals surface area contributed by atoms with E-state index in [1.54, 1.807) is 0 Å². The van der Waals surface area contributed by atoms with Crippen molar-refractivity contribution in [2.24, 2.45) is 0 Å². The molecular weight excluding hydrogens is 614 g/mol. The number of halogens is 14. The first-order valence-electron chi connectivity index (χ1n) is 6.83. The molecule has 1 aromatic carbocycles.